The summed E-state index contributed by atoms with van der Waals surface area (Å²) >= 11 is 0. The van der Waals surface area contributed by atoms with Gasteiger partial charge in [0.15, 0.2) is 0 Å². The van der Waals surface area contributed by atoms with E-state index in [1.165, 1.54) is 17.5 Å². The quantitative estimate of drug-likeness (QED) is 0.775. The largest absolute Gasteiger partial charge is 0.379 e. The summed E-state index contributed by atoms with van der Waals surface area (Å²) in [5.41, 5.74) is 2.88. The Morgan fingerprint density at radius 3 is 2.55 bits per heavy atom. The fourth-order valence-corrected chi connectivity index (χ4v) is 2.50. The van der Waals surface area contributed by atoms with Crippen molar-refractivity contribution >= 4 is 0 Å². The van der Waals surface area contributed by atoms with Crippen LogP contribution in [-0.2, 0) is 17.8 Å². The zero-order valence-corrected chi connectivity index (χ0v) is 12.9. The van der Waals surface area contributed by atoms with E-state index < -0.39 is 0 Å². The number of nitrogens with one attached hydrogen (secondary N) is 1. The van der Waals surface area contributed by atoms with Gasteiger partial charge in [0.2, 0.25) is 0 Å². The molecule has 1 aliphatic rings. The van der Waals surface area contributed by atoms with Crippen LogP contribution in [0.2, 0.25) is 0 Å². The molecule has 0 aliphatic carbocycles. The molecule has 0 spiro atoms. The number of hydrogen-bond donors (Lipinski definition) is 1. The topological polar surface area (TPSA) is 24.5 Å². The maximum atomic E-state index is 5.42. The molecule has 0 radical (unpaired) electrons. The fraction of sp³-hybridized carbons (Fsp3) is 0.647. The normalized spacial score (nSPS) is 16.8. The van der Waals surface area contributed by atoms with Gasteiger partial charge in [-0.05, 0) is 30.0 Å². The lowest BCUT2D eigenvalue weighted by Crippen LogP contribution is -2.36. The molecule has 0 unspecified atom stereocenters. The average molecular weight is 276 g/mol. The molecule has 1 heterocycles. The predicted molar refractivity (Wildman–Crippen MR) is 83.7 cm³/mol. The Morgan fingerprint density at radius 2 is 1.85 bits per heavy atom. The van der Waals surface area contributed by atoms with Crippen LogP contribution < -0.4 is 5.32 Å². The fourth-order valence-electron chi connectivity index (χ4n) is 2.50. The van der Waals surface area contributed by atoms with Gasteiger partial charge in [-0.25, -0.2) is 0 Å². The maximum Gasteiger partial charge on any atom is 0.0594 e. The third-order valence-corrected chi connectivity index (χ3v) is 3.83. The highest BCUT2D eigenvalue weighted by atomic mass is 16.5. The van der Waals surface area contributed by atoms with Gasteiger partial charge in [0.1, 0.15) is 0 Å². The van der Waals surface area contributed by atoms with E-state index in [1.807, 2.05) is 0 Å². The van der Waals surface area contributed by atoms with E-state index in [-0.39, 0.29) is 0 Å². The van der Waals surface area contributed by atoms with Gasteiger partial charge >= 0.3 is 0 Å². The minimum atomic E-state index is 0.770. The third-order valence-electron chi connectivity index (χ3n) is 3.83. The highest BCUT2D eigenvalue weighted by Gasteiger charge is 2.12. The summed E-state index contributed by atoms with van der Waals surface area (Å²) in [7, 11) is 0. The molecule has 1 saturated heterocycles. The smallest absolute Gasteiger partial charge is 0.0594 e. The molecular weight excluding hydrogens is 248 g/mol. The van der Waals surface area contributed by atoms with E-state index in [9.17, 15) is 0 Å². The van der Waals surface area contributed by atoms with E-state index in [0.29, 0.717) is 0 Å². The first kappa shape index (κ1) is 15.5. The maximum absolute atomic E-state index is 5.42. The molecule has 2 rings (SSSR count). The summed E-state index contributed by atoms with van der Waals surface area (Å²) in [5, 5.41) is 3.57. The second-order valence-electron chi connectivity index (χ2n) is 6.02. The summed E-state index contributed by atoms with van der Waals surface area (Å²) in [6.45, 7) is 11.5. The molecule has 0 atom stereocenters. The Balaban J connectivity index is 1.85. The molecule has 1 aromatic carbocycles. The van der Waals surface area contributed by atoms with Crippen molar-refractivity contribution in [3.63, 3.8) is 0 Å². The number of morpholine rings is 1. The van der Waals surface area contributed by atoms with Crippen molar-refractivity contribution in [2.45, 2.75) is 33.4 Å². The van der Waals surface area contributed by atoms with Crippen molar-refractivity contribution in [3.05, 3.63) is 35.4 Å². The van der Waals surface area contributed by atoms with Gasteiger partial charge < -0.3 is 10.1 Å². The van der Waals surface area contributed by atoms with Gasteiger partial charge in [-0.3, -0.25) is 4.90 Å². The zero-order valence-electron chi connectivity index (χ0n) is 12.9. The van der Waals surface area contributed by atoms with Gasteiger partial charge in [-0.2, -0.15) is 0 Å². The Kier molecular flexibility index (Phi) is 6.51. The highest BCUT2D eigenvalue weighted by Crippen LogP contribution is 2.13. The van der Waals surface area contributed by atoms with E-state index in [0.717, 1.165) is 51.9 Å². The Labute approximate surface area is 123 Å². The highest BCUT2D eigenvalue weighted by molar-refractivity contribution is 5.27. The molecule has 3 nitrogen and oxygen atoms in total. The van der Waals surface area contributed by atoms with E-state index in [1.54, 1.807) is 0 Å². The summed E-state index contributed by atoms with van der Waals surface area (Å²) in [6.07, 6.45) is 1.24. The average Bonchev–Trinajstić information content (AvgIpc) is 2.46. The molecule has 0 amide bonds. The summed E-state index contributed by atoms with van der Waals surface area (Å²) < 4.78 is 5.42. The lowest BCUT2D eigenvalue weighted by atomic mass is 10.1. The van der Waals surface area contributed by atoms with Gasteiger partial charge in [0.05, 0.1) is 13.2 Å². The zero-order chi connectivity index (χ0) is 14.2. The molecule has 3 heteroatoms. The SMILES string of the molecule is CC(C)CCNCc1ccccc1CN1CCOCC1. The third kappa shape index (κ3) is 5.23. The Hall–Kier alpha value is -0.900. The van der Waals surface area contributed by atoms with Crippen LogP contribution in [-0.4, -0.2) is 37.7 Å². The van der Waals surface area contributed by atoms with Gasteiger partial charge in [-0.1, -0.05) is 38.1 Å². The van der Waals surface area contributed by atoms with Crippen LogP contribution in [0.1, 0.15) is 31.4 Å². The number of rotatable bonds is 7. The summed E-state index contributed by atoms with van der Waals surface area (Å²) in [5.74, 6) is 0.770. The molecule has 112 valence electrons. The molecule has 1 N–H and O–H groups in total. The van der Waals surface area contributed by atoms with Crippen LogP contribution in [0.15, 0.2) is 24.3 Å². The van der Waals surface area contributed by atoms with E-state index in [2.05, 4.69) is 48.3 Å². The van der Waals surface area contributed by atoms with Gasteiger partial charge in [0.25, 0.3) is 0 Å². The minimum absolute atomic E-state index is 0.770. The van der Waals surface area contributed by atoms with Crippen LogP contribution in [0.3, 0.4) is 0 Å². The van der Waals surface area contributed by atoms with Crippen LogP contribution in [0.4, 0.5) is 0 Å². The number of benzene rings is 1. The number of nitrogens with zero attached hydrogens (tertiary/aromatic N) is 1. The molecule has 1 aliphatic heterocycles. The standard InChI is InChI=1S/C17H28N2O/c1-15(2)7-8-18-13-16-5-3-4-6-17(16)14-19-9-11-20-12-10-19/h3-6,15,18H,7-14H2,1-2H3. The molecule has 0 bridgehead atoms. The van der Waals surface area contributed by atoms with Crippen molar-refractivity contribution in [1.29, 1.82) is 0 Å². The van der Waals surface area contributed by atoms with Crippen LogP contribution in [0, 0.1) is 5.92 Å². The number of ether oxygens (including phenoxy) is 1. The molecule has 1 aromatic rings. The lowest BCUT2D eigenvalue weighted by Gasteiger charge is -2.27. The first-order valence-electron chi connectivity index (χ1n) is 7.83. The minimum Gasteiger partial charge on any atom is -0.379 e. The van der Waals surface area contributed by atoms with Gasteiger partial charge in [-0.15, -0.1) is 0 Å². The van der Waals surface area contributed by atoms with Crippen molar-refractivity contribution in [1.82, 2.24) is 10.2 Å². The molecular formula is C17H28N2O. The molecule has 1 fully saturated rings. The van der Waals surface area contributed by atoms with E-state index in [4.69, 9.17) is 4.74 Å². The monoisotopic (exact) mass is 276 g/mol. The predicted octanol–water partition coefficient (Wildman–Crippen LogP) is 2.65. The van der Waals surface area contributed by atoms with Crippen LogP contribution in [0.25, 0.3) is 0 Å². The molecule has 0 saturated carbocycles. The summed E-state index contributed by atoms with van der Waals surface area (Å²) in [4.78, 5) is 2.48. The van der Waals surface area contributed by atoms with E-state index >= 15 is 0 Å². The first-order chi connectivity index (χ1) is 9.75. The van der Waals surface area contributed by atoms with Crippen molar-refractivity contribution in [2.24, 2.45) is 5.92 Å². The summed E-state index contributed by atoms with van der Waals surface area (Å²) in [6, 6.07) is 8.79. The lowest BCUT2D eigenvalue weighted by molar-refractivity contribution is 0.0340. The Bertz CT molecular complexity index is 386. The Morgan fingerprint density at radius 1 is 1.15 bits per heavy atom. The van der Waals surface area contributed by atoms with Crippen LogP contribution in [0.5, 0.6) is 0 Å². The number of hydrogen-bond acceptors (Lipinski definition) is 3. The second kappa shape index (κ2) is 8.40. The van der Waals surface area contributed by atoms with Gasteiger partial charge in [0, 0.05) is 26.2 Å². The first-order valence-corrected chi connectivity index (χ1v) is 7.83. The van der Waals surface area contributed by atoms with Crippen LogP contribution >= 0.6 is 0 Å². The molecule has 20 heavy (non-hydrogen) atoms. The second-order valence-corrected chi connectivity index (χ2v) is 6.02. The van der Waals surface area contributed by atoms with Crippen molar-refractivity contribution in [2.75, 3.05) is 32.8 Å². The molecule has 0 aromatic heterocycles. The van der Waals surface area contributed by atoms with Crippen molar-refractivity contribution < 1.29 is 4.74 Å². The van der Waals surface area contributed by atoms with Crippen molar-refractivity contribution in [3.8, 4) is 0 Å².